The molecule has 0 aliphatic rings. The fraction of sp³-hybridized carbons (Fsp3) is 0.235. The Hall–Kier alpha value is -3.09. The minimum atomic E-state index is -0.731. The average molecular weight is 330 g/mol. The number of amides is 3. The van der Waals surface area contributed by atoms with Gasteiger partial charge >= 0.3 is 12.0 Å². The van der Waals surface area contributed by atoms with Gasteiger partial charge in [-0.1, -0.05) is 6.07 Å². The lowest BCUT2D eigenvalue weighted by Crippen LogP contribution is -2.37. The van der Waals surface area contributed by atoms with Gasteiger partial charge in [0.2, 0.25) is 0 Å². The fourth-order valence-electron chi connectivity index (χ4n) is 1.95. The molecule has 0 unspecified atom stereocenters. The Labute approximate surface area is 139 Å². The molecular weight excluding hydrogens is 312 g/mol. The quantitative estimate of drug-likeness (QED) is 0.840. The number of nitrogens with one attached hydrogen (secondary N) is 2. The van der Waals surface area contributed by atoms with E-state index in [2.05, 4.69) is 10.6 Å². The van der Waals surface area contributed by atoms with E-state index in [1.807, 2.05) is 19.9 Å². The van der Waals surface area contributed by atoms with Gasteiger partial charge in [-0.3, -0.25) is 10.1 Å². The number of furan rings is 1. The molecule has 0 bridgehead atoms. The van der Waals surface area contributed by atoms with Gasteiger partial charge in [0.15, 0.2) is 6.61 Å². The molecular formula is C17H18N2O5. The highest BCUT2D eigenvalue weighted by atomic mass is 16.5. The van der Waals surface area contributed by atoms with E-state index in [4.69, 9.17) is 9.15 Å². The van der Waals surface area contributed by atoms with Gasteiger partial charge in [-0.2, -0.15) is 0 Å². The van der Waals surface area contributed by atoms with Crippen molar-refractivity contribution in [1.82, 2.24) is 5.32 Å². The lowest BCUT2D eigenvalue weighted by Gasteiger charge is -2.09. The Bertz CT molecular complexity index is 779. The van der Waals surface area contributed by atoms with E-state index in [-0.39, 0.29) is 5.56 Å². The molecule has 7 nitrogen and oxygen atoms in total. The number of hydrogen-bond acceptors (Lipinski definition) is 5. The number of aryl methyl sites for hydroxylation is 3. The van der Waals surface area contributed by atoms with Crippen LogP contribution in [0.1, 0.15) is 27.2 Å². The highest BCUT2D eigenvalue weighted by molar-refractivity contribution is 6.02. The van der Waals surface area contributed by atoms with Gasteiger partial charge in [-0.25, -0.2) is 9.59 Å². The van der Waals surface area contributed by atoms with E-state index in [1.165, 1.54) is 12.3 Å². The first-order valence-electron chi connectivity index (χ1n) is 7.26. The van der Waals surface area contributed by atoms with Crippen LogP contribution in [0.2, 0.25) is 0 Å². The second kappa shape index (κ2) is 7.45. The number of carbonyl (C=O) groups excluding carboxylic acids is 3. The molecule has 1 heterocycles. The van der Waals surface area contributed by atoms with Crippen molar-refractivity contribution in [1.29, 1.82) is 0 Å². The minimum absolute atomic E-state index is 0.238. The largest absolute Gasteiger partial charge is 0.469 e. The molecule has 1 aromatic heterocycles. The van der Waals surface area contributed by atoms with Crippen molar-refractivity contribution in [3.8, 4) is 0 Å². The number of esters is 1. The summed E-state index contributed by atoms with van der Waals surface area (Å²) in [5.74, 6) is -1.02. The standard InChI is InChI=1S/C17H18N2O5/c1-10-4-5-13(8-11(10)2)18-17(22)19-15(20)9-24-16(21)14-6-7-23-12(14)3/h4-8H,9H2,1-3H3,(H2,18,19,20,22). The molecule has 0 aliphatic heterocycles. The number of benzene rings is 1. The van der Waals surface area contributed by atoms with Crippen molar-refractivity contribution >= 4 is 23.6 Å². The highest BCUT2D eigenvalue weighted by Crippen LogP contribution is 2.14. The molecule has 0 spiro atoms. The molecule has 2 rings (SSSR count). The van der Waals surface area contributed by atoms with Crippen LogP contribution in [-0.4, -0.2) is 24.5 Å². The van der Waals surface area contributed by atoms with Gasteiger partial charge in [-0.15, -0.1) is 0 Å². The summed E-state index contributed by atoms with van der Waals surface area (Å²) in [6.07, 6.45) is 1.35. The van der Waals surface area contributed by atoms with Crippen LogP contribution >= 0.6 is 0 Å². The number of imide groups is 1. The first kappa shape index (κ1) is 17.3. The van der Waals surface area contributed by atoms with Crippen molar-refractivity contribution < 1.29 is 23.5 Å². The predicted octanol–water partition coefficient (Wildman–Crippen LogP) is 2.71. The van der Waals surface area contributed by atoms with E-state index in [9.17, 15) is 14.4 Å². The first-order valence-corrected chi connectivity index (χ1v) is 7.26. The number of rotatable bonds is 4. The van der Waals surface area contributed by atoms with Gasteiger partial charge < -0.3 is 14.5 Å². The third kappa shape index (κ3) is 4.45. The topological polar surface area (TPSA) is 97.6 Å². The maximum Gasteiger partial charge on any atom is 0.342 e. The fourth-order valence-corrected chi connectivity index (χ4v) is 1.95. The van der Waals surface area contributed by atoms with Gasteiger partial charge in [0.05, 0.1) is 6.26 Å². The molecule has 3 amide bonds. The molecule has 1 aromatic carbocycles. The monoisotopic (exact) mass is 330 g/mol. The summed E-state index contributed by atoms with van der Waals surface area (Å²) >= 11 is 0. The molecule has 0 saturated carbocycles. The number of urea groups is 1. The first-order chi connectivity index (χ1) is 11.4. The van der Waals surface area contributed by atoms with Crippen LogP contribution in [0.5, 0.6) is 0 Å². The molecule has 24 heavy (non-hydrogen) atoms. The number of ether oxygens (including phenoxy) is 1. The summed E-state index contributed by atoms with van der Waals surface area (Å²) in [7, 11) is 0. The molecule has 126 valence electrons. The second-order valence-electron chi connectivity index (χ2n) is 5.27. The van der Waals surface area contributed by atoms with Crippen LogP contribution in [0.3, 0.4) is 0 Å². The summed E-state index contributed by atoms with van der Waals surface area (Å²) in [5, 5.41) is 4.63. The number of carbonyl (C=O) groups is 3. The summed E-state index contributed by atoms with van der Waals surface area (Å²) in [6.45, 7) is 4.91. The van der Waals surface area contributed by atoms with Crippen LogP contribution < -0.4 is 10.6 Å². The zero-order valence-electron chi connectivity index (χ0n) is 13.6. The Morgan fingerprint density at radius 1 is 1.08 bits per heavy atom. The average Bonchev–Trinajstić information content (AvgIpc) is 2.94. The minimum Gasteiger partial charge on any atom is -0.469 e. The maximum atomic E-state index is 11.7. The van der Waals surface area contributed by atoms with Crippen molar-refractivity contribution in [2.45, 2.75) is 20.8 Å². The maximum absolute atomic E-state index is 11.7. The summed E-state index contributed by atoms with van der Waals surface area (Å²) in [4.78, 5) is 35.1. The normalized spacial score (nSPS) is 10.1. The van der Waals surface area contributed by atoms with Crippen LogP contribution in [0, 0.1) is 20.8 Å². The lowest BCUT2D eigenvalue weighted by atomic mass is 10.1. The van der Waals surface area contributed by atoms with E-state index < -0.39 is 24.5 Å². The number of anilines is 1. The summed E-state index contributed by atoms with van der Waals surface area (Å²) in [6, 6.07) is 6.14. The Morgan fingerprint density at radius 3 is 2.46 bits per heavy atom. The molecule has 0 atom stereocenters. The van der Waals surface area contributed by atoms with Crippen LogP contribution in [0.25, 0.3) is 0 Å². The predicted molar refractivity (Wildman–Crippen MR) is 86.8 cm³/mol. The smallest absolute Gasteiger partial charge is 0.342 e. The van der Waals surface area contributed by atoms with Gasteiger partial charge in [0.25, 0.3) is 5.91 Å². The van der Waals surface area contributed by atoms with E-state index in [0.29, 0.717) is 11.4 Å². The van der Waals surface area contributed by atoms with E-state index >= 15 is 0 Å². The summed E-state index contributed by atoms with van der Waals surface area (Å²) in [5.41, 5.74) is 2.92. The Kier molecular flexibility index (Phi) is 5.36. The third-order valence-corrected chi connectivity index (χ3v) is 3.43. The molecule has 2 aromatic rings. The third-order valence-electron chi connectivity index (χ3n) is 3.43. The van der Waals surface area contributed by atoms with Crippen LogP contribution in [0.4, 0.5) is 10.5 Å². The van der Waals surface area contributed by atoms with E-state index in [1.54, 1.807) is 19.1 Å². The molecule has 0 radical (unpaired) electrons. The van der Waals surface area contributed by atoms with Crippen molar-refractivity contribution in [3.63, 3.8) is 0 Å². The molecule has 2 N–H and O–H groups in total. The lowest BCUT2D eigenvalue weighted by molar-refractivity contribution is -0.123. The number of hydrogen-bond donors (Lipinski definition) is 2. The molecule has 0 saturated heterocycles. The molecule has 7 heteroatoms. The summed E-state index contributed by atoms with van der Waals surface area (Å²) < 4.78 is 9.80. The van der Waals surface area contributed by atoms with Crippen molar-refractivity contribution in [2.24, 2.45) is 0 Å². The zero-order valence-corrected chi connectivity index (χ0v) is 13.6. The van der Waals surface area contributed by atoms with Crippen molar-refractivity contribution in [3.05, 3.63) is 53.0 Å². The van der Waals surface area contributed by atoms with Gasteiger partial charge in [0.1, 0.15) is 11.3 Å². The zero-order chi connectivity index (χ0) is 17.7. The SMILES string of the molecule is Cc1ccc(NC(=O)NC(=O)COC(=O)c2ccoc2C)cc1C. The second-order valence-corrected chi connectivity index (χ2v) is 5.27. The van der Waals surface area contributed by atoms with Gasteiger partial charge in [-0.05, 0) is 50.1 Å². The van der Waals surface area contributed by atoms with Gasteiger partial charge in [0, 0.05) is 5.69 Å². The highest BCUT2D eigenvalue weighted by Gasteiger charge is 2.15. The van der Waals surface area contributed by atoms with Crippen LogP contribution in [0.15, 0.2) is 34.9 Å². The molecule has 0 fully saturated rings. The Balaban J connectivity index is 1.81. The molecule has 0 aliphatic carbocycles. The van der Waals surface area contributed by atoms with Crippen molar-refractivity contribution in [2.75, 3.05) is 11.9 Å². The Morgan fingerprint density at radius 2 is 1.83 bits per heavy atom. The van der Waals surface area contributed by atoms with Crippen LogP contribution in [-0.2, 0) is 9.53 Å². The van der Waals surface area contributed by atoms with E-state index in [0.717, 1.165) is 11.1 Å².